The van der Waals surface area contributed by atoms with Crippen molar-refractivity contribution >= 4 is 11.0 Å². The van der Waals surface area contributed by atoms with Crippen molar-refractivity contribution in [3.05, 3.63) is 29.5 Å². The largest absolute Gasteiger partial charge is 0.483 e. The molecular formula is C15H19NO2. The minimum Gasteiger partial charge on any atom is -0.483 e. The molecule has 0 radical (unpaired) electrons. The predicted octanol–water partition coefficient (Wildman–Crippen LogP) is 2.91. The normalized spacial score (nSPS) is 16.8. The van der Waals surface area contributed by atoms with Crippen LogP contribution in [0, 0.1) is 0 Å². The van der Waals surface area contributed by atoms with Crippen LogP contribution in [0.25, 0.3) is 11.0 Å². The van der Waals surface area contributed by atoms with Crippen molar-refractivity contribution in [2.75, 3.05) is 13.6 Å². The molecule has 0 unspecified atom stereocenters. The summed E-state index contributed by atoms with van der Waals surface area (Å²) in [4.78, 5) is 0. The lowest BCUT2D eigenvalue weighted by Crippen LogP contribution is -2.24. The van der Waals surface area contributed by atoms with Crippen LogP contribution in [0.3, 0.4) is 0 Å². The molecule has 1 aliphatic heterocycles. The van der Waals surface area contributed by atoms with E-state index >= 15 is 0 Å². The van der Waals surface area contributed by atoms with Crippen molar-refractivity contribution in [1.82, 2.24) is 5.32 Å². The summed E-state index contributed by atoms with van der Waals surface area (Å²) in [6.07, 6.45) is 3.79. The molecule has 0 fully saturated rings. The molecule has 0 amide bonds. The van der Waals surface area contributed by atoms with Crippen molar-refractivity contribution in [3.8, 4) is 5.75 Å². The third-order valence-corrected chi connectivity index (χ3v) is 3.50. The highest BCUT2D eigenvalue weighted by molar-refractivity contribution is 5.88. The second-order valence-corrected chi connectivity index (χ2v) is 5.58. The fraction of sp³-hybridized carbons (Fsp3) is 0.467. The van der Waals surface area contributed by atoms with Gasteiger partial charge in [0.2, 0.25) is 0 Å². The van der Waals surface area contributed by atoms with Crippen LogP contribution in [0.4, 0.5) is 0 Å². The Morgan fingerprint density at radius 2 is 2.17 bits per heavy atom. The first-order valence-electron chi connectivity index (χ1n) is 6.46. The highest BCUT2D eigenvalue weighted by Gasteiger charge is 2.32. The molecule has 0 bridgehead atoms. The van der Waals surface area contributed by atoms with Crippen LogP contribution in [0.1, 0.15) is 25.0 Å². The summed E-state index contributed by atoms with van der Waals surface area (Å²) in [6, 6.07) is 4.33. The Kier molecular flexibility index (Phi) is 2.59. The quantitative estimate of drug-likeness (QED) is 0.903. The van der Waals surface area contributed by atoms with Gasteiger partial charge in [-0.2, -0.15) is 0 Å². The number of hydrogen-bond acceptors (Lipinski definition) is 3. The highest BCUT2D eigenvalue weighted by atomic mass is 16.5. The van der Waals surface area contributed by atoms with E-state index < -0.39 is 0 Å². The molecule has 0 spiro atoms. The number of rotatable bonds is 3. The minimum absolute atomic E-state index is 0.117. The van der Waals surface area contributed by atoms with E-state index in [2.05, 4.69) is 31.3 Å². The van der Waals surface area contributed by atoms with Gasteiger partial charge in [-0.05, 0) is 39.4 Å². The molecule has 1 aromatic carbocycles. The third kappa shape index (κ3) is 1.79. The van der Waals surface area contributed by atoms with Gasteiger partial charge in [-0.1, -0.05) is 12.1 Å². The molecule has 1 N–H and O–H groups in total. The minimum atomic E-state index is -0.117. The molecule has 0 atom stereocenters. The Balaban J connectivity index is 2.05. The van der Waals surface area contributed by atoms with Gasteiger partial charge in [-0.25, -0.2) is 0 Å². The van der Waals surface area contributed by atoms with E-state index in [1.54, 1.807) is 0 Å². The second-order valence-electron chi connectivity index (χ2n) is 5.58. The van der Waals surface area contributed by atoms with Crippen molar-refractivity contribution in [2.45, 2.75) is 32.3 Å². The lowest BCUT2D eigenvalue weighted by atomic mass is 10.0. The maximum absolute atomic E-state index is 6.02. The van der Waals surface area contributed by atoms with E-state index in [1.165, 1.54) is 16.5 Å². The molecule has 0 aliphatic carbocycles. The maximum Gasteiger partial charge on any atom is 0.176 e. The first kappa shape index (κ1) is 11.6. The van der Waals surface area contributed by atoms with Gasteiger partial charge >= 0.3 is 0 Å². The Morgan fingerprint density at radius 1 is 1.33 bits per heavy atom. The number of ether oxygens (including phenoxy) is 1. The summed E-state index contributed by atoms with van der Waals surface area (Å²) < 4.78 is 11.7. The molecule has 18 heavy (non-hydrogen) atoms. The summed E-state index contributed by atoms with van der Waals surface area (Å²) in [7, 11) is 1.96. The number of furan rings is 1. The van der Waals surface area contributed by atoms with Crippen LogP contribution >= 0.6 is 0 Å². The molecule has 3 rings (SSSR count). The van der Waals surface area contributed by atoms with Crippen molar-refractivity contribution in [2.24, 2.45) is 0 Å². The average Bonchev–Trinajstić information content (AvgIpc) is 2.85. The lowest BCUT2D eigenvalue weighted by Gasteiger charge is -2.16. The number of hydrogen-bond donors (Lipinski definition) is 1. The zero-order valence-corrected chi connectivity index (χ0v) is 11.2. The molecular weight excluding hydrogens is 226 g/mol. The first-order valence-corrected chi connectivity index (χ1v) is 6.46. The fourth-order valence-corrected chi connectivity index (χ4v) is 2.64. The van der Waals surface area contributed by atoms with E-state index in [4.69, 9.17) is 9.15 Å². The van der Waals surface area contributed by atoms with Crippen LogP contribution < -0.4 is 10.1 Å². The van der Waals surface area contributed by atoms with Gasteiger partial charge in [0.15, 0.2) is 11.3 Å². The maximum atomic E-state index is 6.02. The third-order valence-electron chi connectivity index (χ3n) is 3.50. The van der Waals surface area contributed by atoms with E-state index in [9.17, 15) is 0 Å². The summed E-state index contributed by atoms with van der Waals surface area (Å²) in [5.41, 5.74) is 3.29. The van der Waals surface area contributed by atoms with Crippen molar-refractivity contribution in [1.29, 1.82) is 0 Å². The molecule has 0 saturated heterocycles. The van der Waals surface area contributed by atoms with Gasteiger partial charge in [-0.3, -0.25) is 0 Å². The molecule has 2 heterocycles. The van der Waals surface area contributed by atoms with Crippen molar-refractivity contribution < 1.29 is 9.15 Å². The van der Waals surface area contributed by atoms with Crippen LogP contribution in [-0.4, -0.2) is 19.2 Å². The molecule has 3 heteroatoms. The second kappa shape index (κ2) is 4.02. The fourth-order valence-electron chi connectivity index (χ4n) is 2.64. The Bertz CT molecular complexity index is 583. The highest BCUT2D eigenvalue weighted by Crippen LogP contribution is 2.41. The van der Waals surface area contributed by atoms with Gasteiger partial charge < -0.3 is 14.5 Å². The van der Waals surface area contributed by atoms with Gasteiger partial charge in [-0.15, -0.1) is 0 Å². The Hall–Kier alpha value is -1.48. The molecule has 2 aromatic rings. The van der Waals surface area contributed by atoms with E-state index in [0.717, 1.165) is 30.7 Å². The molecule has 1 aliphatic rings. The summed E-state index contributed by atoms with van der Waals surface area (Å²) in [6.45, 7) is 5.19. The predicted molar refractivity (Wildman–Crippen MR) is 72.3 cm³/mol. The van der Waals surface area contributed by atoms with Gasteiger partial charge in [0.25, 0.3) is 0 Å². The summed E-state index contributed by atoms with van der Waals surface area (Å²) >= 11 is 0. The van der Waals surface area contributed by atoms with E-state index in [0.29, 0.717) is 0 Å². The lowest BCUT2D eigenvalue weighted by molar-refractivity contribution is 0.139. The number of nitrogens with one attached hydrogen (secondary N) is 1. The molecule has 0 saturated carbocycles. The molecule has 96 valence electrons. The standard InChI is InChI=1S/C15H19NO2/c1-15(2)8-10-4-5-12-11(6-7-16-3)9-17-14(12)13(10)18-15/h4-5,9,16H,6-8H2,1-3H3. The molecule has 1 aromatic heterocycles. The Morgan fingerprint density at radius 3 is 2.94 bits per heavy atom. The number of likely N-dealkylation sites (N-methyl/N-ethyl adjacent to an activating group) is 1. The number of fused-ring (bicyclic) bond motifs is 3. The first-order chi connectivity index (χ1) is 8.61. The zero-order valence-electron chi connectivity index (χ0n) is 11.2. The monoisotopic (exact) mass is 245 g/mol. The van der Waals surface area contributed by atoms with Gasteiger partial charge in [0.05, 0.1) is 6.26 Å². The van der Waals surface area contributed by atoms with E-state index in [1.807, 2.05) is 13.3 Å². The van der Waals surface area contributed by atoms with Crippen LogP contribution in [0.2, 0.25) is 0 Å². The summed E-state index contributed by atoms with van der Waals surface area (Å²) in [5.74, 6) is 0.938. The van der Waals surface area contributed by atoms with E-state index in [-0.39, 0.29) is 5.60 Å². The smallest absolute Gasteiger partial charge is 0.176 e. The van der Waals surface area contributed by atoms with Crippen molar-refractivity contribution in [3.63, 3.8) is 0 Å². The van der Waals surface area contributed by atoms with Crippen LogP contribution in [-0.2, 0) is 12.8 Å². The SMILES string of the molecule is CNCCc1coc2c3c(ccc12)CC(C)(C)O3. The summed E-state index contributed by atoms with van der Waals surface area (Å²) in [5, 5.41) is 4.35. The van der Waals surface area contributed by atoms with Crippen LogP contribution in [0.5, 0.6) is 5.75 Å². The zero-order chi connectivity index (χ0) is 12.8. The Labute approximate surface area is 107 Å². The van der Waals surface area contributed by atoms with Crippen LogP contribution in [0.15, 0.2) is 22.8 Å². The average molecular weight is 245 g/mol. The topological polar surface area (TPSA) is 34.4 Å². The number of benzene rings is 1. The molecule has 3 nitrogen and oxygen atoms in total. The van der Waals surface area contributed by atoms with Gasteiger partial charge in [0.1, 0.15) is 5.60 Å². The van der Waals surface area contributed by atoms with Gasteiger partial charge in [0, 0.05) is 17.4 Å².